The maximum Gasteiger partial charge on any atom is 0.338 e. The van der Waals surface area contributed by atoms with Crippen molar-refractivity contribution < 1.29 is 19.2 Å². The standard InChI is InChI=1S/C21H16N2O5/c22-18-11-10-17(12-19(18)23(26)27)21(25)28-13-20(24)16-8-6-15(7-9-16)14-4-2-1-3-5-14/h1-12H,13,22H2. The minimum absolute atomic E-state index is 0.0480. The third-order valence-electron chi connectivity index (χ3n) is 4.11. The van der Waals surface area contributed by atoms with Gasteiger partial charge in [-0.25, -0.2) is 4.79 Å². The van der Waals surface area contributed by atoms with Crippen molar-refractivity contribution in [3.05, 3.63) is 94.0 Å². The van der Waals surface area contributed by atoms with Crippen LogP contribution in [0.15, 0.2) is 72.8 Å². The Morgan fingerprint density at radius 1 is 0.893 bits per heavy atom. The van der Waals surface area contributed by atoms with E-state index in [2.05, 4.69) is 0 Å². The number of ketones is 1. The molecule has 0 saturated carbocycles. The number of carbonyl (C=O) groups is 2. The molecule has 0 aliphatic carbocycles. The summed E-state index contributed by atoms with van der Waals surface area (Å²) in [6.07, 6.45) is 0. The Balaban J connectivity index is 1.65. The molecule has 140 valence electrons. The molecule has 0 aliphatic heterocycles. The summed E-state index contributed by atoms with van der Waals surface area (Å²) in [6.45, 7) is -0.471. The van der Waals surface area contributed by atoms with Crippen LogP contribution >= 0.6 is 0 Å². The lowest BCUT2D eigenvalue weighted by Crippen LogP contribution is -2.14. The van der Waals surface area contributed by atoms with Crippen LogP contribution in [0.5, 0.6) is 0 Å². The number of nitrogen functional groups attached to an aromatic ring is 1. The molecule has 0 fully saturated rings. The minimum Gasteiger partial charge on any atom is -0.454 e. The molecule has 0 heterocycles. The van der Waals surface area contributed by atoms with Gasteiger partial charge in [0.2, 0.25) is 0 Å². The quantitative estimate of drug-likeness (QED) is 0.230. The zero-order chi connectivity index (χ0) is 20.1. The molecule has 0 saturated heterocycles. The van der Waals surface area contributed by atoms with Crippen LogP contribution in [0.4, 0.5) is 11.4 Å². The normalized spacial score (nSPS) is 10.3. The van der Waals surface area contributed by atoms with Crippen LogP contribution in [-0.2, 0) is 4.74 Å². The van der Waals surface area contributed by atoms with Gasteiger partial charge >= 0.3 is 5.97 Å². The molecule has 0 amide bonds. The van der Waals surface area contributed by atoms with Gasteiger partial charge in [0.05, 0.1) is 10.5 Å². The van der Waals surface area contributed by atoms with Crippen molar-refractivity contribution in [3.63, 3.8) is 0 Å². The van der Waals surface area contributed by atoms with Gasteiger partial charge in [0, 0.05) is 11.6 Å². The molecule has 0 spiro atoms. The van der Waals surface area contributed by atoms with Crippen LogP contribution < -0.4 is 5.73 Å². The minimum atomic E-state index is -0.836. The van der Waals surface area contributed by atoms with Gasteiger partial charge in [-0.3, -0.25) is 14.9 Å². The molecule has 3 aromatic rings. The summed E-state index contributed by atoms with van der Waals surface area (Å²) in [4.78, 5) is 34.5. The number of nitro benzene ring substituents is 1. The van der Waals surface area contributed by atoms with Gasteiger partial charge in [0.25, 0.3) is 5.69 Å². The van der Waals surface area contributed by atoms with E-state index in [-0.39, 0.29) is 17.0 Å². The van der Waals surface area contributed by atoms with Crippen LogP contribution in [0.25, 0.3) is 11.1 Å². The number of Topliss-reactive ketones (excluding diaryl/α,β-unsaturated/α-hetero) is 1. The van der Waals surface area contributed by atoms with E-state index >= 15 is 0 Å². The number of esters is 1. The fraction of sp³-hybridized carbons (Fsp3) is 0.0476. The average Bonchev–Trinajstić information content (AvgIpc) is 2.72. The Bertz CT molecular complexity index is 1030. The Morgan fingerprint density at radius 3 is 2.14 bits per heavy atom. The number of benzene rings is 3. The zero-order valence-electron chi connectivity index (χ0n) is 14.7. The highest BCUT2D eigenvalue weighted by Crippen LogP contribution is 2.23. The van der Waals surface area contributed by atoms with Crippen LogP contribution in [0.3, 0.4) is 0 Å². The van der Waals surface area contributed by atoms with Crippen molar-refractivity contribution in [1.82, 2.24) is 0 Å². The highest BCUT2D eigenvalue weighted by atomic mass is 16.6. The van der Waals surface area contributed by atoms with E-state index in [0.717, 1.165) is 17.2 Å². The van der Waals surface area contributed by atoms with E-state index in [1.165, 1.54) is 12.1 Å². The second-order valence-corrected chi connectivity index (χ2v) is 5.97. The number of anilines is 1. The lowest BCUT2D eigenvalue weighted by molar-refractivity contribution is -0.383. The first kappa shape index (κ1) is 18.8. The summed E-state index contributed by atoms with van der Waals surface area (Å²) in [6, 6.07) is 20.2. The maximum atomic E-state index is 12.3. The fourth-order valence-electron chi connectivity index (χ4n) is 2.61. The van der Waals surface area contributed by atoms with E-state index in [9.17, 15) is 19.7 Å². The number of nitro groups is 1. The van der Waals surface area contributed by atoms with E-state index in [1.54, 1.807) is 12.1 Å². The first-order chi connectivity index (χ1) is 13.5. The van der Waals surface area contributed by atoms with Crippen molar-refractivity contribution in [2.45, 2.75) is 0 Å². The summed E-state index contributed by atoms with van der Waals surface area (Å²) in [5.41, 5.74) is 7.38. The fourth-order valence-corrected chi connectivity index (χ4v) is 2.61. The maximum absolute atomic E-state index is 12.3. The Hall–Kier alpha value is -4.00. The molecule has 28 heavy (non-hydrogen) atoms. The van der Waals surface area contributed by atoms with Crippen molar-refractivity contribution in [2.24, 2.45) is 0 Å². The summed E-state index contributed by atoms with van der Waals surface area (Å²) >= 11 is 0. The highest BCUT2D eigenvalue weighted by Gasteiger charge is 2.18. The molecular weight excluding hydrogens is 360 g/mol. The second-order valence-electron chi connectivity index (χ2n) is 5.97. The summed E-state index contributed by atoms with van der Waals surface area (Å²) in [7, 11) is 0. The SMILES string of the molecule is Nc1ccc(C(=O)OCC(=O)c2ccc(-c3ccccc3)cc2)cc1[N+](=O)[O-]. The second kappa shape index (κ2) is 8.13. The molecule has 0 radical (unpaired) electrons. The van der Waals surface area contributed by atoms with Crippen molar-refractivity contribution >= 4 is 23.1 Å². The molecule has 0 aromatic heterocycles. The van der Waals surface area contributed by atoms with Gasteiger partial charge in [-0.05, 0) is 23.3 Å². The number of nitrogens with two attached hydrogens (primary N) is 1. The van der Waals surface area contributed by atoms with Crippen LogP contribution in [0.2, 0.25) is 0 Å². The number of rotatable bonds is 6. The molecule has 3 rings (SSSR count). The van der Waals surface area contributed by atoms with Crippen LogP contribution in [0, 0.1) is 10.1 Å². The van der Waals surface area contributed by atoms with E-state index in [0.29, 0.717) is 5.56 Å². The number of hydrogen-bond acceptors (Lipinski definition) is 6. The molecule has 0 bridgehead atoms. The van der Waals surface area contributed by atoms with Crippen LogP contribution in [-0.4, -0.2) is 23.3 Å². The molecule has 0 atom stereocenters. The van der Waals surface area contributed by atoms with Gasteiger partial charge < -0.3 is 10.5 Å². The first-order valence-electron chi connectivity index (χ1n) is 8.35. The topological polar surface area (TPSA) is 113 Å². The number of carbonyl (C=O) groups excluding carboxylic acids is 2. The van der Waals surface area contributed by atoms with Gasteiger partial charge in [-0.1, -0.05) is 54.6 Å². The summed E-state index contributed by atoms with van der Waals surface area (Å²) in [5.74, 6) is -1.21. The Kier molecular flexibility index (Phi) is 5.45. The van der Waals surface area contributed by atoms with Crippen molar-refractivity contribution in [2.75, 3.05) is 12.3 Å². The predicted octanol–water partition coefficient (Wildman–Crippen LogP) is 3.88. The summed E-state index contributed by atoms with van der Waals surface area (Å²) in [5, 5.41) is 10.9. The number of nitrogens with zero attached hydrogens (tertiary/aromatic N) is 1. The predicted molar refractivity (Wildman–Crippen MR) is 104 cm³/mol. The monoisotopic (exact) mass is 376 g/mol. The van der Waals surface area contributed by atoms with E-state index in [4.69, 9.17) is 10.5 Å². The van der Waals surface area contributed by atoms with Crippen molar-refractivity contribution in [3.8, 4) is 11.1 Å². The largest absolute Gasteiger partial charge is 0.454 e. The lowest BCUT2D eigenvalue weighted by Gasteiger charge is -2.06. The highest BCUT2D eigenvalue weighted by molar-refractivity contribution is 6.00. The number of hydrogen-bond donors (Lipinski definition) is 1. The van der Waals surface area contributed by atoms with Gasteiger partial charge in [-0.15, -0.1) is 0 Å². The zero-order valence-corrected chi connectivity index (χ0v) is 14.7. The molecule has 0 aliphatic rings. The molecule has 7 nitrogen and oxygen atoms in total. The molecule has 0 unspecified atom stereocenters. The van der Waals surface area contributed by atoms with Crippen LogP contribution in [0.1, 0.15) is 20.7 Å². The van der Waals surface area contributed by atoms with Gasteiger partial charge in [-0.2, -0.15) is 0 Å². The average molecular weight is 376 g/mol. The Labute approximate surface area is 160 Å². The molecule has 7 heteroatoms. The molecule has 2 N–H and O–H groups in total. The number of ether oxygens (including phenoxy) is 1. The third kappa shape index (κ3) is 4.21. The third-order valence-corrected chi connectivity index (χ3v) is 4.11. The first-order valence-corrected chi connectivity index (χ1v) is 8.35. The summed E-state index contributed by atoms with van der Waals surface area (Å²) < 4.78 is 4.98. The van der Waals surface area contributed by atoms with Gasteiger partial charge in [0.1, 0.15) is 5.69 Å². The van der Waals surface area contributed by atoms with E-state index in [1.807, 2.05) is 42.5 Å². The Morgan fingerprint density at radius 2 is 1.50 bits per heavy atom. The molecule has 3 aromatic carbocycles. The molecular formula is C21H16N2O5. The van der Waals surface area contributed by atoms with Gasteiger partial charge in [0.15, 0.2) is 12.4 Å². The smallest absolute Gasteiger partial charge is 0.338 e. The van der Waals surface area contributed by atoms with Crippen molar-refractivity contribution in [1.29, 1.82) is 0 Å². The lowest BCUT2D eigenvalue weighted by atomic mass is 10.0. The van der Waals surface area contributed by atoms with E-state index < -0.39 is 23.2 Å².